The molecule has 2 heterocycles. The van der Waals surface area contributed by atoms with Gasteiger partial charge in [-0.15, -0.1) is 0 Å². The van der Waals surface area contributed by atoms with E-state index in [0.717, 1.165) is 15.5 Å². The molecule has 0 fully saturated rings. The largest absolute Gasteiger partial charge is 0.390 e. The predicted octanol–water partition coefficient (Wildman–Crippen LogP) is 5.54. The van der Waals surface area contributed by atoms with E-state index in [2.05, 4.69) is 10.1 Å². The summed E-state index contributed by atoms with van der Waals surface area (Å²) in [5, 5.41) is 16.2. The van der Waals surface area contributed by atoms with Gasteiger partial charge >= 0.3 is 0 Å². The minimum absolute atomic E-state index is 0.0588. The van der Waals surface area contributed by atoms with Gasteiger partial charge in [-0.25, -0.2) is 4.39 Å². The van der Waals surface area contributed by atoms with Gasteiger partial charge in [0.15, 0.2) is 0 Å². The first-order valence-corrected chi connectivity index (χ1v) is 9.89. The number of hydrogen-bond donors (Lipinski definition) is 1. The minimum atomic E-state index is -0.388. The van der Waals surface area contributed by atoms with Crippen LogP contribution in [-0.4, -0.2) is 19.9 Å². The average Bonchev–Trinajstić information content (AvgIpc) is 2.94. The monoisotopic (exact) mass is 425 g/mol. The van der Waals surface area contributed by atoms with Crippen molar-refractivity contribution in [3.63, 3.8) is 0 Å². The fourth-order valence-electron chi connectivity index (χ4n) is 2.70. The molecule has 0 bridgehead atoms. The van der Waals surface area contributed by atoms with E-state index >= 15 is 0 Å². The van der Waals surface area contributed by atoms with Crippen LogP contribution in [0.3, 0.4) is 0 Å². The molecule has 0 unspecified atom stereocenters. The van der Waals surface area contributed by atoms with E-state index in [9.17, 15) is 9.50 Å². The lowest BCUT2D eigenvalue weighted by Gasteiger charge is -2.13. The average molecular weight is 426 g/mol. The van der Waals surface area contributed by atoms with Crippen molar-refractivity contribution in [1.29, 1.82) is 0 Å². The normalized spacial score (nSPS) is 11.4. The molecular formula is C19H18Cl2FN3OS. The Labute approximate surface area is 171 Å². The Morgan fingerprint density at radius 2 is 1.93 bits per heavy atom. The summed E-state index contributed by atoms with van der Waals surface area (Å²) < 4.78 is 16.0. The van der Waals surface area contributed by atoms with Gasteiger partial charge in [-0.3, -0.25) is 9.67 Å². The van der Waals surface area contributed by atoms with Crippen molar-refractivity contribution in [2.24, 2.45) is 0 Å². The van der Waals surface area contributed by atoms with Crippen molar-refractivity contribution in [2.75, 3.05) is 0 Å². The predicted molar refractivity (Wildman–Crippen MR) is 106 cm³/mol. The molecule has 0 saturated heterocycles. The summed E-state index contributed by atoms with van der Waals surface area (Å²) in [5.74, 6) is -0.388. The number of rotatable bonds is 6. The number of pyridine rings is 1. The van der Waals surface area contributed by atoms with Crippen molar-refractivity contribution in [1.82, 2.24) is 14.8 Å². The smallest absolute Gasteiger partial charge is 0.145 e. The van der Waals surface area contributed by atoms with Crippen molar-refractivity contribution in [2.45, 2.75) is 42.8 Å². The van der Waals surface area contributed by atoms with Crippen LogP contribution in [0.1, 0.15) is 36.7 Å². The Morgan fingerprint density at radius 1 is 1.22 bits per heavy atom. The Hall–Kier alpha value is -1.60. The highest BCUT2D eigenvalue weighted by molar-refractivity contribution is 7.99. The van der Waals surface area contributed by atoms with Gasteiger partial charge in [-0.05, 0) is 43.7 Å². The molecule has 0 aliphatic carbocycles. The van der Waals surface area contributed by atoms with Crippen LogP contribution >= 0.6 is 35.0 Å². The van der Waals surface area contributed by atoms with Gasteiger partial charge < -0.3 is 5.11 Å². The highest BCUT2D eigenvalue weighted by Crippen LogP contribution is 2.37. The number of aliphatic hydroxyl groups is 1. The zero-order valence-corrected chi connectivity index (χ0v) is 17.1. The van der Waals surface area contributed by atoms with Crippen molar-refractivity contribution in [3.8, 4) is 0 Å². The Kier molecular flexibility index (Phi) is 6.42. The van der Waals surface area contributed by atoms with Crippen LogP contribution in [-0.2, 0) is 13.0 Å². The Balaban J connectivity index is 2.09. The fourth-order valence-corrected chi connectivity index (χ4v) is 4.61. The molecule has 0 aliphatic rings. The summed E-state index contributed by atoms with van der Waals surface area (Å²) in [6.45, 7) is 3.77. The number of nitrogens with zero attached hydrogens (tertiary/aromatic N) is 3. The van der Waals surface area contributed by atoms with Gasteiger partial charge in [0.25, 0.3) is 0 Å². The summed E-state index contributed by atoms with van der Waals surface area (Å²) in [7, 11) is 0. The van der Waals surface area contributed by atoms with E-state index in [1.54, 1.807) is 18.3 Å². The van der Waals surface area contributed by atoms with Crippen LogP contribution in [0.5, 0.6) is 0 Å². The molecule has 3 aromatic rings. The summed E-state index contributed by atoms with van der Waals surface area (Å²) in [5.41, 5.74) is 1.79. The van der Waals surface area contributed by atoms with Gasteiger partial charge in [0.1, 0.15) is 10.8 Å². The molecule has 0 amide bonds. The van der Waals surface area contributed by atoms with Gasteiger partial charge in [0.2, 0.25) is 0 Å². The molecule has 0 atom stereocenters. The van der Waals surface area contributed by atoms with E-state index in [1.165, 1.54) is 18.0 Å². The van der Waals surface area contributed by atoms with Crippen LogP contribution in [0.25, 0.3) is 0 Å². The molecular weight excluding hydrogens is 408 g/mol. The van der Waals surface area contributed by atoms with Gasteiger partial charge in [-0.2, -0.15) is 5.10 Å². The fraction of sp³-hybridized carbons (Fsp3) is 0.263. The SMILES string of the molecule is CC(C)n1nc(CO)c(Cc2ccncc2F)c1Sc1cc(Cl)cc(Cl)c1. The van der Waals surface area contributed by atoms with Crippen molar-refractivity contribution in [3.05, 3.63) is 69.3 Å². The zero-order chi connectivity index (χ0) is 19.6. The molecule has 4 nitrogen and oxygen atoms in total. The minimum Gasteiger partial charge on any atom is -0.390 e. The third-order valence-electron chi connectivity index (χ3n) is 3.96. The molecule has 0 saturated carbocycles. The third-order valence-corrected chi connectivity index (χ3v) is 5.49. The van der Waals surface area contributed by atoms with Crippen LogP contribution in [0, 0.1) is 5.82 Å². The summed E-state index contributed by atoms with van der Waals surface area (Å²) in [4.78, 5) is 4.64. The lowest BCUT2D eigenvalue weighted by molar-refractivity contribution is 0.273. The van der Waals surface area contributed by atoms with Crippen molar-refractivity contribution >= 4 is 35.0 Å². The molecule has 27 heavy (non-hydrogen) atoms. The second-order valence-electron chi connectivity index (χ2n) is 6.28. The first-order valence-electron chi connectivity index (χ1n) is 8.32. The van der Waals surface area contributed by atoms with Crippen molar-refractivity contribution < 1.29 is 9.50 Å². The standard InChI is InChI=1S/C19H18Cl2FN3OS/c1-11(2)25-19(27-15-7-13(20)6-14(21)8-15)16(18(10-26)24-25)5-12-3-4-23-9-17(12)22/h3-4,6-9,11,26H,5,10H2,1-2H3. The summed E-state index contributed by atoms with van der Waals surface area (Å²) in [6.07, 6.45) is 3.03. The summed E-state index contributed by atoms with van der Waals surface area (Å²) in [6, 6.07) is 6.98. The second-order valence-corrected chi connectivity index (χ2v) is 8.21. The Bertz CT molecular complexity index is 942. The first kappa shape index (κ1) is 20.1. The first-order chi connectivity index (χ1) is 12.9. The topological polar surface area (TPSA) is 50.9 Å². The summed E-state index contributed by atoms with van der Waals surface area (Å²) >= 11 is 13.7. The molecule has 0 aliphatic heterocycles. The number of aromatic nitrogens is 3. The maximum atomic E-state index is 14.1. The van der Waals surface area contributed by atoms with Gasteiger partial charge in [-0.1, -0.05) is 35.0 Å². The quantitative estimate of drug-likeness (QED) is 0.563. The zero-order valence-electron chi connectivity index (χ0n) is 14.8. The molecule has 0 spiro atoms. The second kappa shape index (κ2) is 8.61. The van der Waals surface area contributed by atoms with E-state index in [-0.39, 0.29) is 18.5 Å². The third kappa shape index (κ3) is 4.63. The van der Waals surface area contributed by atoms with Gasteiger partial charge in [0.05, 0.1) is 18.5 Å². The maximum absolute atomic E-state index is 14.1. The van der Waals surface area contributed by atoms with Crippen LogP contribution in [0.2, 0.25) is 10.0 Å². The lowest BCUT2D eigenvalue weighted by atomic mass is 10.1. The molecule has 3 rings (SSSR count). The number of halogens is 3. The highest BCUT2D eigenvalue weighted by Gasteiger charge is 2.21. The van der Waals surface area contributed by atoms with Crippen LogP contribution in [0.15, 0.2) is 46.6 Å². The molecule has 142 valence electrons. The lowest BCUT2D eigenvalue weighted by Crippen LogP contribution is -2.05. The molecule has 8 heteroatoms. The molecule has 1 N–H and O–H groups in total. The molecule has 2 aromatic heterocycles. The van der Waals surface area contributed by atoms with E-state index < -0.39 is 0 Å². The number of hydrogen-bond acceptors (Lipinski definition) is 4. The van der Waals surface area contributed by atoms with E-state index in [0.29, 0.717) is 27.7 Å². The van der Waals surface area contributed by atoms with Crippen LogP contribution < -0.4 is 0 Å². The molecule has 0 radical (unpaired) electrons. The van der Waals surface area contributed by atoms with E-state index in [1.807, 2.05) is 30.7 Å². The molecule has 1 aromatic carbocycles. The highest BCUT2D eigenvalue weighted by atomic mass is 35.5. The maximum Gasteiger partial charge on any atom is 0.145 e. The number of benzene rings is 1. The Morgan fingerprint density at radius 3 is 2.52 bits per heavy atom. The van der Waals surface area contributed by atoms with Gasteiger partial charge in [0, 0.05) is 39.2 Å². The van der Waals surface area contributed by atoms with E-state index in [4.69, 9.17) is 23.2 Å². The number of aliphatic hydroxyl groups excluding tert-OH is 1. The van der Waals surface area contributed by atoms with Crippen LogP contribution in [0.4, 0.5) is 4.39 Å².